The molecule has 3 rings (SSSR count). The SMILES string of the molecule is Cc1ccc(CN(C)C(=O)c2ccc(S(=O)(=O)N3CCCC3)cc2)o1. The van der Waals surface area contributed by atoms with Gasteiger partial charge >= 0.3 is 0 Å². The van der Waals surface area contributed by atoms with E-state index >= 15 is 0 Å². The van der Waals surface area contributed by atoms with E-state index in [1.165, 1.54) is 16.4 Å². The van der Waals surface area contributed by atoms with E-state index in [0.29, 0.717) is 31.0 Å². The van der Waals surface area contributed by atoms with E-state index in [9.17, 15) is 13.2 Å². The fourth-order valence-electron chi connectivity index (χ4n) is 2.94. The lowest BCUT2D eigenvalue weighted by atomic mass is 10.2. The van der Waals surface area contributed by atoms with Crippen LogP contribution in [0.1, 0.15) is 34.7 Å². The minimum absolute atomic E-state index is 0.181. The van der Waals surface area contributed by atoms with E-state index in [4.69, 9.17) is 4.42 Å². The van der Waals surface area contributed by atoms with Gasteiger partial charge in [0.2, 0.25) is 10.0 Å². The molecule has 0 unspecified atom stereocenters. The molecule has 0 spiro atoms. The molecule has 1 aromatic carbocycles. The van der Waals surface area contributed by atoms with Crippen LogP contribution in [0.4, 0.5) is 0 Å². The average Bonchev–Trinajstić information content (AvgIpc) is 3.26. The van der Waals surface area contributed by atoms with Crippen molar-refractivity contribution in [2.45, 2.75) is 31.2 Å². The van der Waals surface area contributed by atoms with Crippen LogP contribution in [0.15, 0.2) is 45.7 Å². The first-order chi connectivity index (χ1) is 11.9. The maximum Gasteiger partial charge on any atom is 0.254 e. The molecule has 1 saturated heterocycles. The molecule has 1 amide bonds. The Morgan fingerprint density at radius 2 is 1.76 bits per heavy atom. The normalized spacial score (nSPS) is 15.4. The number of hydrogen-bond acceptors (Lipinski definition) is 4. The van der Waals surface area contributed by atoms with Gasteiger partial charge in [-0.3, -0.25) is 4.79 Å². The molecule has 0 bridgehead atoms. The number of hydrogen-bond donors (Lipinski definition) is 0. The molecule has 0 radical (unpaired) electrons. The topological polar surface area (TPSA) is 70.8 Å². The summed E-state index contributed by atoms with van der Waals surface area (Å²) in [6.45, 7) is 3.34. The van der Waals surface area contributed by atoms with Crippen LogP contribution in [-0.2, 0) is 16.6 Å². The van der Waals surface area contributed by atoms with Gasteiger partial charge in [-0.1, -0.05) is 0 Å². The molecule has 7 heteroatoms. The summed E-state index contributed by atoms with van der Waals surface area (Å²) >= 11 is 0. The third-order valence-corrected chi connectivity index (χ3v) is 6.25. The first-order valence-corrected chi connectivity index (χ1v) is 9.73. The fraction of sp³-hybridized carbons (Fsp3) is 0.389. The molecular weight excluding hydrogens is 340 g/mol. The Morgan fingerprint density at radius 1 is 1.12 bits per heavy atom. The molecule has 134 valence electrons. The molecule has 0 N–H and O–H groups in total. The number of benzene rings is 1. The number of rotatable bonds is 5. The molecule has 2 aromatic rings. The van der Waals surface area contributed by atoms with Crippen molar-refractivity contribution in [1.29, 1.82) is 0 Å². The third kappa shape index (κ3) is 3.77. The fourth-order valence-corrected chi connectivity index (χ4v) is 4.46. The summed E-state index contributed by atoms with van der Waals surface area (Å²) in [5.41, 5.74) is 0.450. The van der Waals surface area contributed by atoms with Gasteiger partial charge in [0.25, 0.3) is 5.91 Å². The van der Waals surface area contributed by atoms with Crippen molar-refractivity contribution in [3.8, 4) is 0 Å². The van der Waals surface area contributed by atoms with Gasteiger partial charge in [0.15, 0.2) is 0 Å². The van der Waals surface area contributed by atoms with Gasteiger partial charge in [0.1, 0.15) is 11.5 Å². The first-order valence-electron chi connectivity index (χ1n) is 8.29. The Morgan fingerprint density at radius 3 is 2.32 bits per heavy atom. The molecule has 1 aliphatic rings. The number of amides is 1. The van der Waals surface area contributed by atoms with Gasteiger partial charge in [-0.2, -0.15) is 4.31 Å². The number of carbonyl (C=O) groups is 1. The van der Waals surface area contributed by atoms with Gasteiger partial charge in [-0.15, -0.1) is 0 Å². The number of carbonyl (C=O) groups excluding carboxylic acids is 1. The van der Waals surface area contributed by atoms with Crippen molar-refractivity contribution >= 4 is 15.9 Å². The second-order valence-corrected chi connectivity index (χ2v) is 8.25. The van der Waals surface area contributed by atoms with Crippen molar-refractivity contribution in [2.24, 2.45) is 0 Å². The van der Waals surface area contributed by atoms with E-state index in [-0.39, 0.29) is 10.8 Å². The molecule has 1 aliphatic heterocycles. The number of sulfonamides is 1. The minimum atomic E-state index is -3.45. The second-order valence-electron chi connectivity index (χ2n) is 6.31. The standard InChI is InChI=1S/C18H22N2O4S/c1-14-5-8-16(24-14)13-19(2)18(21)15-6-9-17(10-7-15)25(22,23)20-11-3-4-12-20/h5-10H,3-4,11-13H2,1-2H3. The van der Waals surface area contributed by atoms with Crippen LogP contribution in [0.5, 0.6) is 0 Å². The molecule has 0 atom stereocenters. The third-order valence-electron chi connectivity index (χ3n) is 4.34. The highest BCUT2D eigenvalue weighted by molar-refractivity contribution is 7.89. The van der Waals surface area contributed by atoms with Crippen LogP contribution in [0, 0.1) is 6.92 Å². The Bertz CT molecular complexity index is 849. The van der Waals surface area contributed by atoms with Crippen LogP contribution in [0.25, 0.3) is 0 Å². The van der Waals surface area contributed by atoms with E-state index < -0.39 is 10.0 Å². The zero-order valence-corrected chi connectivity index (χ0v) is 15.3. The Labute approximate surface area is 148 Å². The molecule has 0 aliphatic carbocycles. The highest BCUT2D eigenvalue weighted by atomic mass is 32.2. The van der Waals surface area contributed by atoms with Crippen LogP contribution in [-0.4, -0.2) is 43.7 Å². The highest BCUT2D eigenvalue weighted by Gasteiger charge is 2.27. The Kier molecular flexibility index (Phi) is 4.96. The molecule has 1 fully saturated rings. The monoisotopic (exact) mass is 362 g/mol. The van der Waals surface area contributed by atoms with Crippen molar-refractivity contribution < 1.29 is 17.6 Å². The largest absolute Gasteiger partial charge is 0.464 e. The Balaban J connectivity index is 1.72. The van der Waals surface area contributed by atoms with Crippen molar-refractivity contribution in [3.05, 3.63) is 53.5 Å². The van der Waals surface area contributed by atoms with E-state index in [1.807, 2.05) is 19.1 Å². The van der Waals surface area contributed by atoms with Crippen LogP contribution in [0.2, 0.25) is 0 Å². The highest BCUT2D eigenvalue weighted by Crippen LogP contribution is 2.21. The molecule has 2 heterocycles. The smallest absolute Gasteiger partial charge is 0.254 e. The first kappa shape index (κ1) is 17.7. The molecule has 6 nitrogen and oxygen atoms in total. The lowest BCUT2D eigenvalue weighted by Crippen LogP contribution is -2.28. The van der Waals surface area contributed by atoms with E-state index in [0.717, 1.165) is 18.6 Å². The summed E-state index contributed by atoms with van der Waals surface area (Å²) in [5, 5.41) is 0. The van der Waals surface area contributed by atoms with Crippen molar-refractivity contribution in [2.75, 3.05) is 20.1 Å². The predicted octanol–water partition coefficient (Wildman–Crippen LogP) is 2.64. The molecule has 0 saturated carbocycles. The summed E-state index contributed by atoms with van der Waals surface area (Å²) in [4.78, 5) is 14.3. The summed E-state index contributed by atoms with van der Waals surface area (Å²) in [6.07, 6.45) is 1.79. The van der Waals surface area contributed by atoms with E-state index in [2.05, 4.69) is 0 Å². The van der Waals surface area contributed by atoms with Gasteiger partial charge in [-0.05, 0) is 56.2 Å². The number of furan rings is 1. The van der Waals surface area contributed by atoms with Gasteiger partial charge in [0, 0.05) is 25.7 Å². The quantitative estimate of drug-likeness (QED) is 0.820. The molecule has 25 heavy (non-hydrogen) atoms. The minimum Gasteiger partial charge on any atom is -0.464 e. The average molecular weight is 362 g/mol. The van der Waals surface area contributed by atoms with Crippen molar-refractivity contribution in [1.82, 2.24) is 9.21 Å². The van der Waals surface area contributed by atoms with Crippen LogP contribution in [0.3, 0.4) is 0 Å². The number of aryl methyl sites for hydroxylation is 1. The maximum absolute atomic E-state index is 12.5. The van der Waals surface area contributed by atoms with Gasteiger partial charge < -0.3 is 9.32 Å². The summed E-state index contributed by atoms with van der Waals surface area (Å²) in [6, 6.07) is 9.83. The van der Waals surface area contributed by atoms with Gasteiger partial charge in [-0.25, -0.2) is 8.42 Å². The second kappa shape index (κ2) is 7.01. The molecular formula is C18H22N2O4S. The molecule has 1 aromatic heterocycles. The lowest BCUT2D eigenvalue weighted by molar-refractivity contribution is 0.0775. The van der Waals surface area contributed by atoms with Crippen LogP contribution < -0.4 is 0 Å². The summed E-state index contributed by atoms with van der Waals surface area (Å²) < 4.78 is 32.0. The number of nitrogens with zero attached hydrogens (tertiary/aromatic N) is 2. The Hall–Kier alpha value is -2.12. The van der Waals surface area contributed by atoms with Crippen molar-refractivity contribution in [3.63, 3.8) is 0 Å². The zero-order chi connectivity index (χ0) is 18.0. The predicted molar refractivity (Wildman–Crippen MR) is 93.7 cm³/mol. The van der Waals surface area contributed by atoms with E-state index in [1.54, 1.807) is 24.1 Å². The summed E-state index contributed by atoms with van der Waals surface area (Å²) in [5.74, 6) is 1.33. The van der Waals surface area contributed by atoms with Gasteiger partial charge in [0.05, 0.1) is 11.4 Å². The maximum atomic E-state index is 12.5. The lowest BCUT2D eigenvalue weighted by Gasteiger charge is -2.17. The zero-order valence-electron chi connectivity index (χ0n) is 14.4. The van der Waals surface area contributed by atoms with Crippen LogP contribution >= 0.6 is 0 Å². The summed E-state index contributed by atoms with van der Waals surface area (Å²) in [7, 11) is -1.76.